The maximum Gasteiger partial charge on any atom is 0.343 e. The highest BCUT2D eigenvalue weighted by Crippen LogP contribution is 2.23. The third-order valence-electron chi connectivity index (χ3n) is 4.00. The molecule has 3 rings (SSSR count). The van der Waals surface area contributed by atoms with Crippen molar-refractivity contribution in [2.45, 2.75) is 31.8 Å². The Morgan fingerprint density at radius 1 is 1.48 bits per heavy atom. The van der Waals surface area contributed by atoms with Crippen LogP contribution in [0, 0.1) is 0 Å². The van der Waals surface area contributed by atoms with E-state index in [9.17, 15) is 9.59 Å². The van der Waals surface area contributed by atoms with Gasteiger partial charge in [-0.05, 0) is 31.0 Å². The van der Waals surface area contributed by atoms with E-state index >= 15 is 0 Å². The minimum absolute atomic E-state index is 0.0349. The van der Waals surface area contributed by atoms with Crippen LogP contribution in [0.1, 0.15) is 29.0 Å². The molecule has 2 aromatic rings. The number of hydrogen-bond donors (Lipinski definition) is 2. The Hall–Kier alpha value is -2.28. The fourth-order valence-corrected chi connectivity index (χ4v) is 2.94. The van der Waals surface area contributed by atoms with Gasteiger partial charge in [0.1, 0.15) is 11.6 Å². The van der Waals surface area contributed by atoms with Gasteiger partial charge in [0.05, 0.1) is 12.7 Å². The summed E-state index contributed by atoms with van der Waals surface area (Å²) in [5.74, 6) is 0.972. The molecule has 1 aromatic carbocycles. The van der Waals surface area contributed by atoms with Gasteiger partial charge >= 0.3 is 5.69 Å². The molecule has 23 heavy (non-hydrogen) atoms. The third kappa shape index (κ3) is 3.24. The van der Waals surface area contributed by atoms with Crippen LogP contribution >= 0.6 is 11.6 Å². The molecule has 1 aliphatic heterocycles. The van der Waals surface area contributed by atoms with Gasteiger partial charge < -0.3 is 10.1 Å². The van der Waals surface area contributed by atoms with E-state index < -0.39 is 0 Å². The minimum atomic E-state index is -0.234. The van der Waals surface area contributed by atoms with Crippen molar-refractivity contribution in [3.8, 4) is 5.75 Å². The predicted molar refractivity (Wildman–Crippen MR) is 85.0 cm³/mol. The number of aryl methyl sites for hydroxylation is 1. The Balaban J connectivity index is 1.72. The van der Waals surface area contributed by atoms with Crippen LogP contribution in [0.25, 0.3) is 0 Å². The van der Waals surface area contributed by atoms with Gasteiger partial charge in [0.2, 0.25) is 0 Å². The number of aromatic nitrogens is 3. The Kier molecular flexibility index (Phi) is 4.38. The van der Waals surface area contributed by atoms with Gasteiger partial charge in [-0.15, -0.1) is 0 Å². The zero-order valence-corrected chi connectivity index (χ0v) is 13.4. The SMILES string of the molecule is COc1ccc(Cl)cc1C(=O)NC1CCc2n[nH]c(=O)n2CC1. The van der Waals surface area contributed by atoms with Crippen LogP contribution in [0.2, 0.25) is 5.02 Å². The monoisotopic (exact) mass is 336 g/mol. The van der Waals surface area contributed by atoms with Crippen LogP contribution in [0.15, 0.2) is 23.0 Å². The van der Waals surface area contributed by atoms with Crippen molar-refractivity contribution in [2.75, 3.05) is 7.11 Å². The van der Waals surface area contributed by atoms with Gasteiger partial charge in [0.25, 0.3) is 5.91 Å². The lowest BCUT2D eigenvalue weighted by atomic mass is 10.1. The summed E-state index contributed by atoms with van der Waals surface area (Å²) in [7, 11) is 1.51. The Morgan fingerprint density at radius 2 is 2.30 bits per heavy atom. The van der Waals surface area contributed by atoms with Crippen LogP contribution in [0.3, 0.4) is 0 Å². The fraction of sp³-hybridized carbons (Fsp3) is 0.400. The van der Waals surface area contributed by atoms with Crippen molar-refractivity contribution in [3.05, 3.63) is 45.1 Å². The van der Waals surface area contributed by atoms with E-state index in [4.69, 9.17) is 16.3 Å². The Bertz CT molecular complexity index is 783. The number of halogens is 1. The number of rotatable bonds is 3. The second-order valence-electron chi connectivity index (χ2n) is 5.44. The van der Waals surface area contributed by atoms with E-state index in [0.717, 1.165) is 12.2 Å². The highest BCUT2D eigenvalue weighted by molar-refractivity contribution is 6.31. The van der Waals surface area contributed by atoms with Crippen LogP contribution in [0.4, 0.5) is 0 Å². The molecule has 0 spiro atoms. The van der Waals surface area contributed by atoms with Gasteiger partial charge in [-0.25, -0.2) is 9.89 Å². The van der Waals surface area contributed by atoms with Crippen molar-refractivity contribution in [3.63, 3.8) is 0 Å². The normalized spacial score (nSPS) is 17.2. The van der Waals surface area contributed by atoms with E-state index in [1.807, 2.05) is 0 Å². The number of nitrogens with zero attached hydrogens (tertiary/aromatic N) is 2. The summed E-state index contributed by atoms with van der Waals surface area (Å²) in [4.78, 5) is 24.1. The average molecular weight is 337 g/mol. The molecule has 1 aliphatic rings. The summed E-state index contributed by atoms with van der Waals surface area (Å²) < 4.78 is 6.83. The van der Waals surface area contributed by atoms with Crippen LogP contribution in [0.5, 0.6) is 5.75 Å². The van der Waals surface area contributed by atoms with Crippen molar-refractivity contribution in [1.29, 1.82) is 0 Å². The lowest BCUT2D eigenvalue weighted by Gasteiger charge is -2.17. The molecule has 0 aliphatic carbocycles. The van der Waals surface area contributed by atoms with E-state index in [2.05, 4.69) is 15.5 Å². The van der Waals surface area contributed by atoms with Crippen molar-refractivity contribution >= 4 is 17.5 Å². The first-order valence-corrected chi connectivity index (χ1v) is 7.74. The number of fused-ring (bicyclic) bond motifs is 1. The van der Waals surface area contributed by atoms with Gasteiger partial charge in [-0.1, -0.05) is 11.6 Å². The zero-order chi connectivity index (χ0) is 16.4. The minimum Gasteiger partial charge on any atom is -0.496 e. The number of methoxy groups -OCH3 is 1. The van der Waals surface area contributed by atoms with E-state index in [1.54, 1.807) is 22.8 Å². The molecular formula is C15H17ClN4O3. The molecule has 1 atom stereocenters. The van der Waals surface area contributed by atoms with Crippen LogP contribution in [-0.4, -0.2) is 33.8 Å². The molecule has 0 saturated carbocycles. The summed E-state index contributed by atoms with van der Waals surface area (Å²) >= 11 is 5.97. The summed E-state index contributed by atoms with van der Waals surface area (Å²) in [6, 6.07) is 4.89. The molecular weight excluding hydrogens is 320 g/mol. The molecule has 0 radical (unpaired) electrons. The molecule has 1 unspecified atom stereocenters. The molecule has 1 amide bonds. The quantitative estimate of drug-likeness (QED) is 0.886. The van der Waals surface area contributed by atoms with Crippen molar-refractivity contribution in [2.24, 2.45) is 0 Å². The van der Waals surface area contributed by atoms with Crippen LogP contribution in [-0.2, 0) is 13.0 Å². The second kappa shape index (κ2) is 6.45. The number of ether oxygens (including phenoxy) is 1. The fourth-order valence-electron chi connectivity index (χ4n) is 2.77. The molecule has 8 heteroatoms. The first-order valence-electron chi connectivity index (χ1n) is 7.37. The molecule has 0 saturated heterocycles. The highest BCUT2D eigenvalue weighted by atomic mass is 35.5. The number of carbonyl (C=O) groups is 1. The summed E-state index contributed by atoms with van der Waals surface area (Å²) in [6.07, 6.45) is 2.02. The molecule has 0 fully saturated rings. The summed E-state index contributed by atoms with van der Waals surface area (Å²) in [5.41, 5.74) is 0.198. The summed E-state index contributed by atoms with van der Waals surface area (Å²) in [5, 5.41) is 9.92. The third-order valence-corrected chi connectivity index (χ3v) is 4.23. The number of aromatic amines is 1. The first kappa shape index (κ1) is 15.6. The molecule has 7 nitrogen and oxygen atoms in total. The number of nitrogens with one attached hydrogen (secondary N) is 2. The number of hydrogen-bond acceptors (Lipinski definition) is 4. The number of carbonyl (C=O) groups excluding carboxylic acids is 1. The molecule has 1 aromatic heterocycles. The van der Waals surface area contributed by atoms with Crippen LogP contribution < -0.4 is 15.7 Å². The Labute approximate surface area is 137 Å². The number of benzene rings is 1. The summed E-state index contributed by atoms with van der Waals surface area (Å²) in [6.45, 7) is 0.530. The lowest BCUT2D eigenvalue weighted by molar-refractivity contribution is 0.0930. The van der Waals surface area contributed by atoms with Gasteiger partial charge in [-0.2, -0.15) is 5.10 Å². The molecule has 0 bridgehead atoms. The van der Waals surface area contributed by atoms with Gasteiger partial charge in [-0.3, -0.25) is 9.36 Å². The highest BCUT2D eigenvalue weighted by Gasteiger charge is 2.22. The molecule has 2 heterocycles. The average Bonchev–Trinajstić information content (AvgIpc) is 2.77. The number of amides is 1. The standard InChI is InChI=1S/C15H17ClN4O3/c1-23-12-4-2-9(16)8-11(12)14(21)17-10-3-5-13-18-19-15(22)20(13)7-6-10/h2,4,8,10H,3,5-7H2,1H3,(H,17,21)(H,19,22). The van der Waals surface area contributed by atoms with E-state index in [1.165, 1.54) is 7.11 Å². The smallest absolute Gasteiger partial charge is 0.343 e. The topological polar surface area (TPSA) is 89.0 Å². The number of H-pyrrole nitrogens is 1. The predicted octanol–water partition coefficient (Wildman–Crippen LogP) is 1.37. The molecule has 122 valence electrons. The van der Waals surface area contributed by atoms with Crippen molar-refractivity contribution < 1.29 is 9.53 Å². The lowest BCUT2D eigenvalue weighted by Crippen LogP contribution is -2.35. The zero-order valence-electron chi connectivity index (χ0n) is 12.6. The first-order chi connectivity index (χ1) is 11.1. The van der Waals surface area contributed by atoms with Gasteiger partial charge in [0, 0.05) is 24.0 Å². The van der Waals surface area contributed by atoms with E-state index in [0.29, 0.717) is 35.7 Å². The Morgan fingerprint density at radius 3 is 3.09 bits per heavy atom. The van der Waals surface area contributed by atoms with Crippen molar-refractivity contribution in [1.82, 2.24) is 20.1 Å². The maximum atomic E-state index is 12.5. The molecule has 2 N–H and O–H groups in total. The van der Waals surface area contributed by atoms with Gasteiger partial charge in [0.15, 0.2) is 0 Å². The maximum absolute atomic E-state index is 12.5. The largest absolute Gasteiger partial charge is 0.496 e. The second-order valence-corrected chi connectivity index (χ2v) is 5.88. The van der Waals surface area contributed by atoms with E-state index in [-0.39, 0.29) is 17.6 Å².